The SMILES string of the molecule is COCCN(Cc1cccnc1)C(=O)c1cc(C)nn1C. The van der Waals surface area contributed by atoms with Crippen molar-refractivity contribution in [3.63, 3.8) is 0 Å². The maximum Gasteiger partial charge on any atom is 0.272 e. The summed E-state index contributed by atoms with van der Waals surface area (Å²) in [5, 5.41) is 4.23. The van der Waals surface area contributed by atoms with Crippen LogP contribution in [0.1, 0.15) is 21.7 Å². The fraction of sp³-hybridized carbons (Fsp3) is 0.400. The van der Waals surface area contributed by atoms with E-state index in [2.05, 4.69) is 10.1 Å². The highest BCUT2D eigenvalue weighted by Gasteiger charge is 2.19. The van der Waals surface area contributed by atoms with Crippen LogP contribution in [0.2, 0.25) is 0 Å². The first-order valence-corrected chi connectivity index (χ1v) is 6.79. The Kier molecular flexibility index (Phi) is 5.05. The van der Waals surface area contributed by atoms with E-state index in [1.807, 2.05) is 19.1 Å². The third-order valence-corrected chi connectivity index (χ3v) is 3.17. The Hall–Kier alpha value is -2.21. The summed E-state index contributed by atoms with van der Waals surface area (Å²) < 4.78 is 6.71. The number of amides is 1. The lowest BCUT2D eigenvalue weighted by Crippen LogP contribution is -2.34. The van der Waals surface area contributed by atoms with Gasteiger partial charge in [0, 0.05) is 39.6 Å². The lowest BCUT2D eigenvalue weighted by atomic mass is 10.2. The Morgan fingerprint density at radius 1 is 1.48 bits per heavy atom. The molecule has 6 nitrogen and oxygen atoms in total. The molecule has 1 amide bonds. The Balaban J connectivity index is 2.19. The molecular formula is C15H20N4O2. The lowest BCUT2D eigenvalue weighted by Gasteiger charge is -2.22. The Labute approximate surface area is 124 Å². The van der Waals surface area contributed by atoms with E-state index in [1.54, 1.807) is 42.2 Å². The number of aryl methyl sites for hydroxylation is 2. The summed E-state index contributed by atoms with van der Waals surface area (Å²) in [4.78, 5) is 18.5. The second-order valence-corrected chi connectivity index (χ2v) is 4.88. The van der Waals surface area contributed by atoms with Crippen LogP contribution in [0.25, 0.3) is 0 Å². The highest BCUT2D eigenvalue weighted by Crippen LogP contribution is 2.10. The van der Waals surface area contributed by atoms with Gasteiger partial charge in [0.15, 0.2) is 0 Å². The van der Waals surface area contributed by atoms with Gasteiger partial charge in [0.1, 0.15) is 5.69 Å². The molecule has 0 aliphatic rings. The summed E-state index contributed by atoms with van der Waals surface area (Å²) in [5.41, 5.74) is 2.39. The number of hydrogen-bond donors (Lipinski definition) is 0. The number of methoxy groups -OCH3 is 1. The molecule has 2 aromatic heterocycles. The predicted octanol–water partition coefficient (Wildman–Crippen LogP) is 1.41. The van der Waals surface area contributed by atoms with Crippen molar-refractivity contribution >= 4 is 5.91 Å². The highest BCUT2D eigenvalue weighted by atomic mass is 16.5. The molecule has 0 saturated carbocycles. The maximum absolute atomic E-state index is 12.7. The molecule has 0 fully saturated rings. The van der Waals surface area contributed by atoms with Crippen molar-refractivity contribution in [1.82, 2.24) is 19.7 Å². The minimum Gasteiger partial charge on any atom is -0.383 e. The van der Waals surface area contributed by atoms with Gasteiger partial charge in [0.2, 0.25) is 0 Å². The van der Waals surface area contributed by atoms with E-state index in [1.165, 1.54) is 0 Å². The zero-order valence-electron chi connectivity index (χ0n) is 12.6. The standard InChI is InChI=1S/C15H20N4O2/c1-12-9-14(18(2)17-12)15(20)19(7-8-21-3)11-13-5-4-6-16-10-13/h4-6,9-10H,7-8,11H2,1-3H3. The number of pyridine rings is 1. The molecule has 2 heterocycles. The number of aromatic nitrogens is 3. The summed E-state index contributed by atoms with van der Waals surface area (Å²) in [6.07, 6.45) is 3.48. The largest absolute Gasteiger partial charge is 0.383 e. The number of rotatable bonds is 6. The summed E-state index contributed by atoms with van der Waals surface area (Å²) >= 11 is 0. The Morgan fingerprint density at radius 3 is 2.86 bits per heavy atom. The van der Waals surface area contributed by atoms with Gasteiger partial charge in [-0.3, -0.25) is 14.5 Å². The van der Waals surface area contributed by atoms with E-state index in [-0.39, 0.29) is 5.91 Å². The third-order valence-electron chi connectivity index (χ3n) is 3.17. The fourth-order valence-electron chi connectivity index (χ4n) is 2.14. The average molecular weight is 288 g/mol. The van der Waals surface area contributed by atoms with Gasteiger partial charge >= 0.3 is 0 Å². The van der Waals surface area contributed by atoms with E-state index in [0.717, 1.165) is 11.3 Å². The molecule has 0 N–H and O–H groups in total. The van der Waals surface area contributed by atoms with Crippen molar-refractivity contribution in [2.24, 2.45) is 7.05 Å². The highest BCUT2D eigenvalue weighted by molar-refractivity contribution is 5.92. The van der Waals surface area contributed by atoms with Crippen LogP contribution >= 0.6 is 0 Å². The predicted molar refractivity (Wildman–Crippen MR) is 78.8 cm³/mol. The normalized spacial score (nSPS) is 10.6. The van der Waals surface area contributed by atoms with Gasteiger partial charge in [-0.2, -0.15) is 5.10 Å². The number of carbonyl (C=O) groups is 1. The van der Waals surface area contributed by atoms with Gasteiger partial charge in [-0.1, -0.05) is 6.07 Å². The Bertz CT molecular complexity index is 595. The second-order valence-electron chi connectivity index (χ2n) is 4.88. The van der Waals surface area contributed by atoms with Crippen molar-refractivity contribution in [2.45, 2.75) is 13.5 Å². The molecule has 0 radical (unpaired) electrons. The monoisotopic (exact) mass is 288 g/mol. The van der Waals surface area contributed by atoms with Gasteiger partial charge in [0.25, 0.3) is 5.91 Å². The van der Waals surface area contributed by atoms with Crippen molar-refractivity contribution < 1.29 is 9.53 Å². The van der Waals surface area contributed by atoms with Crippen LogP contribution < -0.4 is 0 Å². The first-order chi connectivity index (χ1) is 10.1. The van der Waals surface area contributed by atoms with Crippen LogP contribution in [-0.4, -0.2) is 45.8 Å². The summed E-state index contributed by atoms with van der Waals surface area (Å²) in [6.45, 7) is 3.38. The van der Waals surface area contributed by atoms with Gasteiger partial charge in [0.05, 0.1) is 12.3 Å². The van der Waals surface area contributed by atoms with Crippen LogP contribution in [0.4, 0.5) is 0 Å². The second kappa shape index (κ2) is 6.99. The molecule has 6 heteroatoms. The lowest BCUT2D eigenvalue weighted by molar-refractivity contribution is 0.0669. The van der Waals surface area contributed by atoms with Crippen molar-refractivity contribution in [2.75, 3.05) is 20.3 Å². The number of hydrogen-bond acceptors (Lipinski definition) is 4. The number of nitrogens with zero attached hydrogens (tertiary/aromatic N) is 4. The van der Waals surface area contributed by atoms with Gasteiger partial charge < -0.3 is 9.64 Å². The van der Waals surface area contributed by atoms with Crippen LogP contribution in [-0.2, 0) is 18.3 Å². The molecule has 0 saturated heterocycles. The van der Waals surface area contributed by atoms with Crippen molar-refractivity contribution in [3.05, 3.63) is 47.5 Å². The van der Waals surface area contributed by atoms with E-state index in [9.17, 15) is 4.79 Å². The average Bonchev–Trinajstić information content (AvgIpc) is 2.82. The van der Waals surface area contributed by atoms with Crippen LogP contribution in [0.5, 0.6) is 0 Å². The topological polar surface area (TPSA) is 60.2 Å². The maximum atomic E-state index is 12.7. The summed E-state index contributed by atoms with van der Waals surface area (Å²) in [7, 11) is 3.40. The molecule has 0 aliphatic carbocycles. The first-order valence-electron chi connectivity index (χ1n) is 6.79. The molecule has 21 heavy (non-hydrogen) atoms. The number of carbonyl (C=O) groups excluding carboxylic acids is 1. The molecule has 112 valence electrons. The van der Waals surface area contributed by atoms with Crippen LogP contribution in [0, 0.1) is 6.92 Å². The van der Waals surface area contributed by atoms with Crippen LogP contribution in [0.15, 0.2) is 30.6 Å². The minimum absolute atomic E-state index is 0.0565. The third kappa shape index (κ3) is 3.88. The minimum atomic E-state index is -0.0565. The zero-order valence-corrected chi connectivity index (χ0v) is 12.6. The number of ether oxygens (including phenoxy) is 1. The molecule has 0 spiro atoms. The van der Waals surface area contributed by atoms with Crippen molar-refractivity contribution in [1.29, 1.82) is 0 Å². The van der Waals surface area contributed by atoms with Gasteiger partial charge in [-0.05, 0) is 24.6 Å². The van der Waals surface area contributed by atoms with E-state index in [4.69, 9.17) is 4.74 Å². The smallest absolute Gasteiger partial charge is 0.272 e. The molecule has 0 aliphatic heterocycles. The zero-order chi connectivity index (χ0) is 15.2. The van der Waals surface area contributed by atoms with Gasteiger partial charge in [-0.25, -0.2) is 0 Å². The first kappa shape index (κ1) is 15.2. The molecule has 0 bridgehead atoms. The molecule has 0 atom stereocenters. The van der Waals surface area contributed by atoms with Crippen LogP contribution in [0.3, 0.4) is 0 Å². The summed E-state index contributed by atoms with van der Waals surface area (Å²) in [5.74, 6) is -0.0565. The van der Waals surface area contributed by atoms with E-state index >= 15 is 0 Å². The fourth-order valence-corrected chi connectivity index (χ4v) is 2.14. The van der Waals surface area contributed by atoms with E-state index < -0.39 is 0 Å². The molecule has 2 rings (SSSR count). The van der Waals surface area contributed by atoms with Gasteiger partial charge in [-0.15, -0.1) is 0 Å². The van der Waals surface area contributed by atoms with Crippen molar-refractivity contribution in [3.8, 4) is 0 Å². The Morgan fingerprint density at radius 2 is 2.29 bits per heavy atom. The quantitative estimate of drug-likeness (QED) is 0.806. The molecule has 0 aromatic carbocycles. The molecule has 0 unspecified atom stereocenters. The molecule has 2 aromatic rings. The van der Waals surface area contributed by atoms with E-state index in [0.29, 0.717) is 25.4 Å². The summed E-state index contributed by atoms with van der Waals surface area (Å²) in [6, 6.07) is 5.61. The molecular weight excluding hydrogens is 268 g/mol.